The van der Waals surface area contributed by atoms with Gasteiger partial charge in [-0.05, 0) is 44.0 Å². The van der Waals surface area contributed by atoms with Crippen LogP contribution >= 0.6 is 0 Å². The third-order valence-electron chi connectivity index (χ3n) is 2.95. The maximum Gasteiger partial charge on any atom is 0.228 e. The van der Waals surface area contributed by atoms with E-state index in [4.69, 9.17) is 10.5 Å². The van der Waals surface area contributed by atoms with Gasteiger partial charge in [-0.15, -0.1) is 0 Å². The zero-order chi connectivity index (χ0) is 13.9. The Kier molecular flexibility index (Phi) is 4.73. The Bertz CT molecular complexity index is 442. The summed E-state index contributed by atoms with van der Waals surface area (Å²) in [5.74, 6) is 0.863. The van der Waals surface area contributed by atoms with Gasteiger partial charge in [-0.25, -0.2) is 0 Å². The zero-order valence-electron chi connectivity index (χ0n) is 11.8. The second kappa shape index (κ2) is 5.87. The minimum absolute atomic E-state index is 0.0256. The van der Waals surface area contributed by atoms with Crippen molar-refractivity contribution in [2.45, 2.75) is 33.2 Å². The molecule has 4 heteroatoms. The van der Waals surface area contributed by atoms with Crippen LogP contribution in [0.5, 0.6) is 5.75 Å². The van der Waals surface area contributed by atoms with Crippen molar-refractivity contribution in [2.75, 3.05) is 19.1 Å². The summed E-state index contributed by atoms with van der Waals surface area (Å²) >= 11 is 0. The average Bonchev–Trinajstić information content (AvgIpc) is 2.29. The predicted molar refractivity (Wildman–Crippen MR) is 74.1 cm³/mol. The molecule has 100 valence electrons. The number of anilines is 1. The van der Waals surface area contributed by atoms with Gasteiger partial charge in [-0.1, -0.05) is 0 Å². The zero-order valence-corrected chi connectivity index (χ0v) is 11.8. The topological polar surface area (TPSA) is 55.6 Å². The fourth-order valence-electron chi connectivity index (χ4n) is 1.90. The Labute approximate surface area is 109 Å². The van der Waals surface area contributed by atoms with E-state index in [2.05, 4.69) is 0 Å². The lowest BCUT2D eigenvalue weighted by molar-refractivity contribution is -0.118. The van der Waals surface area contributed by atoms with Crippen molar-refractivity contribution in [1.29, 1.82) is 0 Å². The molecule has 0 saturated heterocycles. The van der Waals surface area contributed by atoms with Crippen molar-refractivity contribution in [3.05, 3.63) is 23.3 Å². The van der Waals surface area contributed by atoms with E-state index < -0.39 is 0 Å². The Balaban J connectivity index is 3.02. The summed E-state index contributed by atoms with van der Waals surface area (Å²) in [6, 6.07) is 3.78. The second-order valence-corrected chi connectivity index (χ2v) is 4.74. The molecule has 0 aliphatic carbocycles. The number of carbonyl (C=O) groups is 1. The summed E-state index contributed by atoms with van der Waals surface area (Å²) < 4.78 is 5.26. The third kappa shape index (κ3) is 3.23. The van der Waals surface area contributed by atoms with Gasteiger partial charge in [-0.2, -0.15) is 0 Å². The number of carbonyl (C=O) groups excluding carboxylic acids is 1. The van der Waals surface area contributed by atoms with Gasteiger partial charge in [0.15, 0.2) is 0 Å². The van der Waals surface area contributed by atoms with Crippen molar-refractivity contribution in [2.24, 2.45) is 5.73 Å². The lowest BCUT2D eigenvalue weighted by Crippen LogP contribution is -2.32. The highest BCUT2D eigenvalue weighted by molar-refractivity contribution is 5.94. The van der Waals surface area contributed by atoms with Crippen LogP contribution in [0.25, 0.3) is 0 Å². The lowest BCUT2D eigenvalue weighted by atomic mass is 10.1. The van der Waals surface area contributed by atoms with Gasteiger partial charge < -0.3 is 15.4 Å². The number of nitrogens with zero attached hydrogens (tertiary/aromatic N) is 1. The van der Waals surface area contributed by atoms with Crippen LogP contribution in [0.4, 0.5) is 5.69 Å². The van der Waals surface area contributed by atoms with E-state index in [1.807, 2.05) is 32.9 Å². The monoisotopic (exact) mass is 250 g/mol. The SMILES string of the molecule is COc1cc(C)c(N(C)C(=O)CC(C)N)cc1C. The fraction of sp³-hybridized carbons (Fsp3) is 0.500. The summed E-state index contributed by atoms with van der Waals surface area (Å²) in [5, 5.41) is 0. The molecule has 1 aromatic carbocycles. The first-order valence-electron chi connectivity index (χ1n) is 6.04. The molecule has 2 N–H and O–H groups in total. The third-order valence-corrected chi connectivity index (χ3v) is 2.95. The smallest absolute Gasteiger partial charge is 0.228 e. The molecule has 18 heavy (non-hydrogen) atoms. The van der Waals surface area contributed by atoms with Gasteiger partial charge in [0.25, 0.3) is 0 Å². The maximum atomic E-state index is 12.0. The first-order valence-corrected chi connectivity index (χ1v) is 6.04. The van der Waals surface area contributed by atoms with E-state index in [1.165, 1.54) is 0 Å². The van der Waals surface area contributed by atoms with E-state index >= 15 is 0 Å². The Morgan fingerprint density at radius 3 is 2.50 bits per heavy atom. The van der Waals surface area contributed by atoms with Gasteiger partial charge >= 0.3 is 0 Å². The van der Waals surface area contributed by atoms with Crippen LogP contribution in [-0.4, -0.2) is 26.1 Å². The molecule has 0 heterocycles. The first-order chi connectivity index (χ1) is 8.36. The Morgan fingerprint density at radius 1 is 1.39 bits per heavy atom. The Morgan fingerprint density at radius 2 is 2.00 bits per heavy atom. The summed E-state index contributed by atoms with van der Waals surface area (Å²) in [6.45, 7) is 5.76. The summed E-state index contributed by atoms with van der Waals surface area (Å²) in [7, 11) is 3.42. The van der Waals surface area contributed by atoms with E-state index in [9.17, 15) is 4.79 Å². The molecule has 0 bridgehead atoms. The number of methoxy groups -OCH3 is 1. The molecule has 1 unspecified atom stereocenters. The van der Waals surface area contributed by atoms with Crippen molar-refractivity contribution in [3.8, 4) is 5.75 Å². The van der Waals surface area contributed by atoms with Crippen LogP contribution in [0.3, 0.4) is 0 Å². The quantitative estimate of drug-likeness (QED) is 0.889. The van der Waals surface area contributed by atoms with Crippen LogP contribution in [0.2, 0.25) is 0 Å². The number of aryl methyl sites for hydroxylation is 2. The molecule has 0 spiro atoms. The predicted octanol–water partition coefficient (Wildman–Crippen LogP) is 2.01. The van der Waals surface area contributed by atoms with Crippen LogP contribution < -0.4 is 15.4 Å². The van der Waals surface area contributed by atoms with Gasteiger partial charge in [0, 0.05) is 25.2 Å². The standard InChI is InChI=1S/C14H22N2O2/c1-9-7-13(18-5)10(2)6-12(9)16(4)14(17)8-11(3)15/h6-7,11H,8,15H2,1-5H3. The molecule has 4 nitrogen and oxygen atoms in total. The number of nitrogens with two attached hydrogens (primary N) is 1. The Hall–Kier alpha value is -1.55. The highest BCUT2D eigenvalue weighted by Crippen LogP contribution is 2.28. The summed E-state index contributed by atoms with van der Waals surface area (Å²) in [4.78, 5) is 13.6. The number of benzene rings is 1. The summed E-state index contributed by atoms with van der Waals surface area (Å²) in [6.07, 6.45) is 0.348. The first kappa shape index (κ1) is 14.5. The van der Waals surface area contributed by atoms with Gasteiger partial charge in [0.2, 0.25) is 5.91 Å². The molecule has 0 saturated carbocycles. The van der Waals surface area contributed by atoms with E-state index in [1.54, 1.807) is 19.1 Å². The van der Waals surface area contributed by atoms with Crippen LogP contribution in [0, 0.1) is 13.8 Å². The normalized spacial score (nSPS) is 12.1. The van der Waals surface area contributed by atoms with Crippen LogP contribution in [0.1, 0.15) is 24.5 Å². The van der Waals surface area contributed by atoms with Crippen molar-refractivity contribution < 1.29 is 9.53 Å². The van der Waals surface area contributed by atoms with Crippen LogP contribution in [-0.2, 0) is 4.79 Å². The largest absolute Gasteiger partial charge is 0.496 e. The van der Waals surface area contributed by atoms with Crippen molar-refractivity contribution in [3.63, 3.8) is 0 Å². The molecule has 0 radical (unpaired) electrons. The molecule has 1 atom stereocenters. The second-order valence-electron chi connectivity index (χ2n) is 4.74. The molecular weight excluding hydrogens is 228 g/mol. The maximum absolute atomic E-state index is 12.0. The minimum Gasteiger partial charge on any atom is -0.496 e. The molecule has 1 amide bonds. The van der Waals surface area contributed by atoms with Gasteiger partial charge in [-0.3, -0.25) is 4.79 Å². The highest BCUT2D eigenvalue weighted by Gasteiger charge is 2.16. The number of hydrogen-bond donors (Lipinski definition) is 1. The molecule has 0 aliphatic rings. The molecule has 1 rings (SSSR count). The van der Waals surface area contributed by atoms with E-state index in [0.29, 0.717) is 6.42 Å². The lowest BCUT2D eigenvalue weighted by Gasteiger charge is -2.22. The fourth-order valence-corrected chi connectivity index (χ4v) is 1.90. The van der Waals surface area contributed by atoms with E-state index in [0.717, 1.165) is 22.6 Å². The molecule has 0 fully saturated rings. The van der Waals surface area contributed by atoms with E-state index in [-0.39, 0.29) is 11.9 Å². The van der Waals surface area contributed by atoms with Gasteiger partial charge in [0.05, 0.1) is 7.11 Å². The molecular formula is C14H22N2O2. The molecule has 1 aromatic rings. The highest BCUT2D eigenvalue weighted by atomic mass is 16.5. The number of hydrogen-bond acceptors (Lipinski definition) is 3. The molecule has 0 aliphatic heterocycles. The van der Waals surface area contributed by atoms with Gasteiger partial charge in [0.1, 0.15) is 5.75 Å². The number of ether oxygens (including phenoxy) is 1. The number of amides is 1. The minimum atomic E-state index is -0.125. The number of rotatable bonds is 4. The van der Waals surface area contributed by atoms with Crippen molar-refractivity contribution in [1.82, 2.24) is 0 Å². The molecule has 0 aromatic heterocycles. The van der Waals surface area contributed by atoms with Crippen molar-refractivity contribution >= 4 is 11.6 Å². The average molecular weight is 250 g/mol. The van der Waals surface area contributed by atoms with Crippen LogP contribution in [0.15, 0.2) is 12.1 Å². The summed E-state index contributed by atoms with van der Waals surface area (Å²) in [5.41, 5.74) is 8.58.